The number of hydrogen-bond donors (Lipinski definition) is 0. The molecule has 0 N–H and O–H groups in total. The minimum Gasteiger partial charge on any atom is -0.275 e. The van der Waals surface area contributed by atoms with E-state index in [-0.39, 0.29) is 22.1 Å². The van der Waals surface area contributed by atoms with Crippen LogP contribution in [0.5, 0.6) is 0 Å². The number of rotatable bonds is 15. The number of benzene rings is 15. The predicted octanol–water partition coefficient (Wildman–Crippen LogP) is 31.7. The molecule has 29 aromatic rings. The molecule has 0 fully saturated rings. The minimum absolute atomic E-state index is 0.0149. The molecule has 0 bridgehead atoms. The lowest BCUT2D eigenvalue weighted by Gasteiger charge is -2.21. The van der Waals surface area contributed by atoms with Crippen LogP contribution < -0.4 is 16.7 Å². The second-order valence-corrected chi connectivity index (χ2v) is 39.8. The third-order valence-corrected chi connectivity index (χ3v) is 31.1. The van der Waals surface area contributed by atoms with E-state index in [4.69, 9.17) is 39.9 Å². The summed E-state index contributed by atoms with van der Waals surface area (Å²) in [6, 6.07) is 149. The quantitative estimate of drug-likeness (QED) is 0.0896. The van der Waals surface area contributed by atoms with Crippen LogP contribution in [0, 0.1) is 0 Å². The van der Waals surface area contributed by atoms with Crippen molar-refractivity contribution in [3.8, 4) is 180 Å². The van der Waals surface area contributed by atoms with E-state index >= 15 is 14.4 Å². The fourth-order valence-electron chi connectivity index (χ4n) is 23.9. The molecule has 150 heavy (non-hydrogen) atoms. The first kappa shape index (κ1) is 85.5. The van der Waals surface area contributed by atoms with Crippen molar-refractivity contribution in [2.45, 2.75) is 19.3 Å². The summed E-state index contributed by atoms with van der Waals surface area (Å²) < 4.78 is 5.84. The van der Waals surface area contributed by atoms with Gasteiger partial charge in [-0.2, -0.15) is 0 Å². The largest absolute Gasteiger partial charge is 0.275 e. The number of aromatic nitrogens is 11. The van der Waals surface area contributed by atoms with Crippen LogP contribution in [-0.4, -0.2) is 53.1 Å². The average Bonchev–Trinajstić information content (AvgIpc) is 1.52. The van der Waals surface area contributed by atoms with E-state index in [0.29, 0.717) is 50.3 Å². The summed E-state index contributed by atoms with van der Waals surface area (Å²) in [6.07, 6.45) is 7.26. The van der Waals surface area contributed by atoms with Gasteiger partial charge in [0.15, 0.2) is 0 Å². The van der Waals surface area contributed by atoms with E-state index in [1.54, 1.807) is 18.6 Å². The molecule has 0 unspecified atom stereocenters. The smallest absolute Gasteiger partial charge is 0.263 e. The molecule has 1 aliphatic rings. The topological polar surface area (TPSA) is 168 Å². The highest BCUT2D eigenvalue weighted by atomic mass is 16.1. The number of nitrogens with zero attached hydrogens (tertiary/aromatic N) is 11. The standard InChI is InChI=1S/C136H81N11O3/c1-136(2)111-40-16-15-34-97(111)107-75-108-110-64-89(63-109-96-33-9-12-37-104(96)133(148)145(130(109)110)127(108)76-112(107)136)84-31-23-29-82(61-84)78-44-46-81(47-45-78)119-69-92(94-53-55-102-98-51-48-85(73-125(98)146-131(102)128(94)100-35-10-13-38-105(100)134(146)149)90-65-117(79-25-5-3-6-26-79)141-118(66-90)80-27-7-4-8-28-80)70-120(142-119)87-32-24-30-83(62-87)88-50-57-116(140-77-88)124-72-93(71-123(144-124)115-43-19-22-60-139-115)95-54-56-103-99-52-49-86(74-126(99)147-132(103)129(95)101-36-11-14-39-106(101)135(147)150)91-67-121(113-41-17-20-58-137-113)143-122(68-91)114-42-18-21-59-138-114/h3-77H,1-2H3. The molecule has 14 heterocycles. The summed E-state index contributed by atoms with van der Waals surface area (Å²) in [5, 5.41) is 13.3. The molecule has 14 heteroatoms. The van der Waals surface area contributed by atoms with Gasteiger partial charge in [-0.1, -0.05) is 287 Å². The van der Waals surface area contributed by atoms with Gasteiger partial charge in [0.1, 0.15) is 0 Å². The zero-order chi connectivity index (χ0) is 99.4. The predicted molar refractivity (Wildman–Crippen MR) is 611 cm³/mol. The van der Waals surface area contributed by atoms with Crippen molar-refractivity contribution in [1.82, 2.24) is 53.1 Å². The van der Waals surface area contributed by atoms with E-state index < -0.39 is 0 Å². The third kappa shape index (κ3) is 13.4. The van der Waals surface area contributed by atoms with Crippen molar-refractivity contribution in [2.75, 3.05) is 0 Å². The van der Waals surface area contributed by atoms with Crippen molar-refractivity contribution < 1.29 is 0 Å². The molecule has 0 atom stereocenters. The lowest BCUT2D eigenvalue weighted by atomic mass is 9.82. The van der Waals surface area contributed by atoms with Gasteiger partial charge < -0.3 is 0 Å². The van der Waals surface area contributed by atoms with Gasteiger partial charge in [-0.15, -0.1) is 0 Å². The molecule has 0 spiro atoms. The number of fused-ring (bicyclic) bond motifs is 18. The van der Waals surface area contributed by atoms with Gasteiger partial charge in [-0.25, -0.2) is 19.9 Å². The highest BCUT2D eigenvalue weighted by Gasteiger charge is 2.37. The Balaban J connectivity index is 0.548. The Morgan fingerprint density at radius 3 is 1.05 bits per heavy atom. The van der Waals surface area contributed by atoms with E-state index in [1.807, 2.05) is 171 Å². The van der Waals surface area contributed by atoms with E-state index in [9.17, 15) is 0 Å². The van der Waals surface area contributed by atoms with Crippen molar-refractivity contribution in [3.05, 3.63) is 498 Å². The fourth-order valence-corrected chi connectivity index (χ4v) is 23.9. The van der Waals surface area contributed by atoms with Gasteiger partial charge in [0.25, 0.3) is 16.7 Å². The molecule has 0 radical (unpaired) electrons. The Bertz CT molecular complexity index is 10800. The van der Waals surface area contributed by atoms with Crippen molar-refractivity contribution >= 4 is 114 Å². The number of pyridine rings is 11. The van der Waals surface area contributed by atoms with Crippen molar-refractivity contribution in [3.63, 3.8) is 0 Å². The zero-order valence-corrected chi connectivity index (χ0v) is 80.9. The van der Waals surface area contributed by atoms with Crippen LogP contribution in [0.4, 0.5) is 0 Å². The maximum atomic E-state index is 15.8. The zero-order valence-electron chi connectivity index (χ0n) is 80.9. The SMILES string of the molecule is CC1(C)c2ccccc2-c2cc3c4cc(-c5cccc(-c6ccc(-c7cc(-c8ccc9c%10ccc(-c%11cc(-c%12ccccc%12)nc(-c%12ccccc%12)c%11)cc%10n%10c(=O)c%11ccccc%11c8c9%10)cc(-c8cccc(-c9ccc(-c%10cc(-c%11ccc%12c%13ccc(-c%14cc(-c%15ccccn%15)nc(-c%15ccccn%15)c%14)cc%13n%13c(=O)c%14ccccc%14c%11c%12%13)cc(-c%11ccccn%11)n%10)nc9)c8)n7)cc6)c5)cc5c6ccccc6c(=O)n(c3cc21)c54. The molecule has 14 aromatic heterocycles. The maximum absolute atomic E-state index is 15.8. The first-order valence-electron chi connectivity index (χ1n) is 50.5. The summed E-state index contributed by atoms with van der Waals surface area (Å²) in [4.78, 5) is 87.4. The van der Waals surface area contributed by atoms with Gasteiger partial charge in [-0.3, -0.25) is 47.5 Å². The molecular weight excluding hydrogens is 1840 g/mol. The monoisotopic (exact) mass is 1920 g/mol. The van der Waals surface area contributed by atoms with Crippen LogP contribution in [-0.2, 0) is 5.41 Å². The molecule has 698 valence electrons. The van der Waals surface area contributed by atoms with Gasteiger partial charge in [0.2, 0.25) is 0 Å². The summed E-state index contributed by atoms with van der Waals surface area (Å²) in [7, 11) is 0. The van der Waals surface area contributed by atoms with Crippen LogP contribution >= 0.6 is 0 Å². The molecule has 0 amide bonds. The Labute approximate surface area is 857 Å². The Kier molecular flexibility index (Phi) is 18.9. The van der Waals surface area contributed by atoms with Gasteiger partial charge in [0.05, 0.1) is 101 Å². The highest BCUT2D eigenvalue weighted by Crippen LogP contribution is 2.54. The first-order valence-corrected chi connectivity index (χ1v) is 50.5. The van der Waals surface area contributed by atoms with E-state index in [0.717, 1.165) is 232 Å². The van der Waals surface area contributed by atoms with Crippen molar-refractivity contribution in [1.29, 1.82) is 0 Å². The van der Waals surface area contributed by atoms with Crippen LogP contribution in [0.2, 0.25) is 0 Å². The van der Waals surface area contributed by atoms with E-state index in [2.05, 4.69) is 293 Å². The molecule has 0 saturated heterocycles. The van der Waals surface area contributed by atoms with Crippen molar-refractivity contribution in [2.24, 2.45) is 0 Å². The van der Waals surface area contributed by atoms with E-state index in [1.165, 1.54) is 22.3 Å². The molecule has 1 aliphatic carbocycles. The molecule has 0 aliphatic heterocycles. The molecule has 15 aromatic carbocycles. The average molecular weight is 1920 g/mol. The first-order chi connectivity index (χ1) is 73.8. The molecule has 0 saturated carbocycles. The molecular formula is C136H81N11O3. The van der Waals surface area contributed by atoms with Crippen LogP contribution in [0.3, 0.4) is 0 Å². The summed E-state index contributed by atoms with van der Waals surface area (Å²) in [5.74, 6) is 0. The molecule has 14 nitrogen and oxygen atoms in total. The highest BCUT2D eigenvalue weighted by molar-refractivity contribution is 6.28. The summed E-state index contributed by atoms with van der Waals surface area (Å²) >= 11 is 0. The lowest BCUT2D eigenvalue weighted by molar-refractivity contribution is 0.661. The van der Waals surface area contributed by atoms with Gasteiger partial charge in [0, 0.05) is 123 Å². The van der Waals surface area contributed by atoms with Gasteiger partial charge >= 0.3 is 0 Å². The third-order valence-electron chi connectivity index (χ3n) is 31.1. The van der Waals surface area contributed by atoms with Crippen LogP contribution in [0.15, 0.2) is 470 Å². The normalized spacial score (nSPS) is 12.5. The van der Waals surface area contributed by atoms with Gasteiger partial charge in [-0.05, 0) is 268 Å². The van der Waals surface area contributed by atoms with Crippen LogP contribution in [0.25, 0.3) is 293 Å². The fraction of sp³-hybridized carbons (Fsp3) is 0.0221. The Morgan fingerprint density at radius 1 is 0.180 bits per heavy atom. The Morgan fingerprint density at radius 2 is 0.533 bits per heavy atom. The maximum Gasteiger partial charge on any atom is 0.263 e. The number of hydrogen-bond acceptors (Lipinski definition) is 11. The molecule has 30 rings (SSSR count). The summed E-state index contributed by atoms with van der Waals surface area (Å²) in [5.41, 5.74) is 35.4. The van der Waals surface area contributed by atoms with Crippen LogP contribution in [0.1, 0.15) is 25.0 Å². The minimum atomic E-state index is -0.257. The Hall–Kier alpha value is -20.1. The second kappa shape index (κ2) is 33.2. The lowest BCUT2D eigenvalue weighted by Crippen LogP contribution is -2.16. The second-order valence-electron chi connectivity index (χ2n) is 39.8. The summed E-state index contributed by atoms with van der Waals surface area (Å²) in [6.45, 7) is 4.59.